The van der Waals surface area contributed by atoms with Gasteiger partial charge in [0.15, 0.2) is 0 Å². The molecule has 0 amide bonds. The molecule has 1 saturated heterocycles. The van der Waals surface area contributed by atoms with Gasteiger partial charge in [0.2, 0.25) is 10.0 Å². The minimum atomic E-state index is -3.20. The molecule has 0 radical (unpaired) electrons. The first-order chi connectivity index (χ1) is 10.9. The lowest BCUT2D eigenvalue weighted by Gasteiger charge is -2.22. The van der Waals surface area contributed by atoms with Crippen molar-refractivity contribution in [2.24, 2.45) is 0 Å². The van der Waals surface area contributed by atoms with Crippen LogP contribution >= 0.6 is 0 Å². The maximum Gasteiger partial charge on any atom is 0.211 e. The van der Waals surface area contributed by atoms with E-state index >= 15 is 0 Å². The topological polar surface area (TPSA) is 75.2 Å². The van der Waals surface area contributed by atoms with Gasteiger partial charge in [-0.15, -0.1) is 0 Å². The molecule has 0 aromatic carbocycles. The zero-order chi connectivity index (χ0) is 16.4. The predicted octanol–water partition coefficient (Wildman–Crippen LogP) is 2.63. The number of sulfonamides is 1. The molecule has 1 aliphatic rings. The molecule has 3 rings (SSSR count). The van der Waals surface area contributed by atoms with Crippen molar-refractivity contribution in [3.8, 4) is 0 Å². The van der Waals surface area contributed by atoms with Gasteiger partial charge in [-0.2, -0.15) is 4.31 Å². The number of nitrogens with one attached hydrogen (secondary N) is 1. The van der Waals surface area contributed by atoms with Crippen LogP contribution in [0.2, 0.25) is 0 Å². The number of rotatable bonds is 4. The third-order valence-corrected chi connectivity index (χ3v) is 5.34. The van der Waals surface area contributed by atoms with Gasteiger partial charge in [-0.1, -0.05) is 6.07 Å². The summed E-state index contributed by atoms with van der Waals surface area (Å²) in [6.07, 6.45) is 6.40. The van der Waals surface area contributed by atoms with Crippen LogP contribution in [0.1, 0.15) is 30.0 Å². The van der Waals surface area contributed by atoms with Crippen molar-refractivity contribution in [1.29, 1.82) is 0 Å². The molecule has 0 aliphatic carbocycles. The van der Waals surface area contributed by atoms with Crippen molar-refractivity contribution >= 4 is 21.7 Å². The zero-order valence-electron chi connectivity index (χ0n) is 13.2. The quantitative estimate of drug-likeness (QED) is 0.931. The highest BCUT2D eigenvalue weighted by Gasteiger charge is 2.32. The number of nitrogens with zero attached hydrogens (tertiary/aromatic N) is 3. The maximum absolute atomic E-state index is 11.9. The Morgan fingerprint density at radius 1 is 1.26 bits per heavy atom. The molecule has 2 aromatic heterocycles. The first-order valence-electron chi connectivity index (χ1n) is 7.56. The molecule has 1 atom stereocenters. The van der Waals surface area contributed by atoms with Crippen LogP contribution in [0.4, 0.5) is 11.6 Å². The second kappa shape index (κ2) is 6.25. The molecular formula is C16H20N4O2S. The van der Waals surface area contributed by atoms with E-state index in [1.54, 1.807) is 16.7 Å². The molecule has 1 N–H and O–H groups in total. The second-order valence-corrected chi connectivity index (χ2v) is 7.74. The Balaban J connectivity index is 1.87. The van der Waals surface area contributed by atoms with E-state index in [9.17, 15) is 8.42 Å². The third-order valence-electron chi connectivity index (χ3n) is 4.05. The summed E-state index contributed by atoms with van der Waals surface area (Å²) < 4.78 is 25.4. The minimum absolute atomic E-state index is 0.113. The van der Waals surface area contributed by atoms with E-state index < -0.39 is 10.0 Å². The molecule has 1 unspecified atom stereocenters. The van der Waals surface area contributed by atoms with Crippen LogP contribution in [-0.4, -0.2) is 35.5 Å². The molecule has 1 aliphatic heterocycles. The molecule has 0 bridgehead atoms. The minimum Gasteiger partial charge on any atom is -0.325 e. The summed E-state index contributed by atoms with van der Waals surface area (Å²) in [5.41, 5.74) is 1.98. The molecule has 6 nitrogen and oxygen atoms in total. The van der Waals surface area contributed by atoms with Crippen LogP contribution in [0.5, 0.6) is 0 Å². The summed E-state index contributed by atoms with van der Waals surface area (Å²) in [7, 11) is -3.20. The van der Waals surface area contributed by atoms with Gasteiger partial charge in [0, 0.05) is 25.0 Å². The molecule has 7 heteroatoms. The Bertz CT molecular complexity index is 807. The van der Waals surface area contributed by atoms with Crippen molar-refractivity contribution < 1.29 is 8.42 Å². The standard InChI is InChI=1S/C16H20N4O2S/c1-12-5-3-8-18-16(12)19-15-11-13(7-9-17-15)14-6-4-10-20(14)23(2,21)22/h3,5,7-9,11,14H,4,6,10H2,1-2H3,(H,17,18,19). The van der Waals surface area contributed by atoms with E-state index in [4.69, 9.17) is 0 Å². The number of hydrogen-bond acceptors (Lipinski definition) is 5. The first kappa shape index (κ1) is 15.9. The van der Waals surface area contributed by atoms with Crippen LogP contribution in [-0.2, 0) is 10.0 Å². The largest absolute Gasteiger partial charge is 0.325 e. The third kappa shape index (κ3) is 3.51. The second-order valence-electron chi connectivity index (χ2n) is 5.80. The monoisotopic (exact) mass is 332 g/mol. The summed E-state index contributed by atoms with van der Waals surface area (Å²) in [6.45, 7) is 2.55. The highest BCUT2D eigenvalue weighted by atomic mass is 32.2. The Hall–Kier alpha value is -1.99. The van der Waals surface area contributed by atoms with E-state index in [0.717, 1.165) is 29.8 Å². The molecule has 122 valence electrons. The van der Waals surface area contributed by atoms with Crippen LogP contribution in [0.3, 0.4) is 0 Å². The van der Waals surface area contributed by atoms with Crippen LogP contribution in [0, 0.1) is 6.92 Å². The number of pyridine rings is 2. The van der Waals surface area contributed by atoms with E-state index in [-0.39, 0.29) is 6.04 Å². The van der Waals surface area contributed by atoms with Gasteiger partial charge < -0.3 is 5.32 Å². The fraction of sp³-hybridized carbons (Fsp3) is 0.375. The first-order valence-corrected chi connectivity index (χ1v) is 9.41. The van der Waals surface area contributed by atoms with Gasteiger partial charge >= 0.3 is 0 Å². The van der Waals surface area contributed by atoms with E-state index in [2.05, 4.69) is 15.3 Å². The molecule has 0 saturated carbocycles. The highest BCUT2D eigenvalue weighted by molar-refractivity contribution is 7.88. The Morgan fingerprint density at radius 3 is 2.83 bits per heavy atom. The zero-order valence-corrected chi connectivity index (χ0v) is 14.0. The van der Waals surface area contributed by atoms with Crippen molar-refractivity contribution in [2.75, 3.05) is 18.1 Å². The summed E-state index contributed by atoms with van der Waals surface area (Å²) in [5, 5.41) is 3.20. The van der Waals surface area contributed by atoms with Gasteiger partial charge in [0.05, 0.1) is 6.26 Å². The van der Waals surface area contributed by atoms with E-state index in [1.807, 2.05) is 31.2 Å². The molecule has 3 heterocycles. The van der Waals surface area contributed by atoms with Crippen LogP contribution in [0.25, 0.3) is 0 Å². The van der Waals surface area contributed by atoms with Crippen LogP contribution in [0.15, 0.2) is 36.7 Å². The smallest absolute Gasteiger partial charge is 0.211 e. The fourth-order valence-electron chi connectivity index (χ4n) is 2.93. The summed E-state index contributed by atoms with van der Waals surface area (Å²) >= 11 is 0. The number of hydrogen-bond donors (Lipinski definition) is 1. The van der Waals surface area contributed by atoms with Gasteiger partial charge in [-0.25, -0.2) is 18.4 Å². The van der Waals surface area contributed by atoms with Gasteiger partial charge in [-0.3, -0.25) is 0 Å². The van der Waals surface area contributed by atoms with Crippen molar-refractivity contribution in [2.45, 2.75) is 25.8 Å². The molecule has 2 aromatic rings. The Morgan fingerprint density at radius 2 is 2.09 bits per heavy atom. The maximum atomic E-state index is 11.9. The average Bonchev–Trinajstić information content (AvgIpc) is 3.00. The molecule has 1 fully saturated rings. The predicted molar refractivity (Wildman–Crippen MR) is 90.0 cm³/mol. The lowest BCUT2D eigenvalue weighted by atomic mass is 10.1. The molecule has 23 heavy (non-hydrogen) atoms. The lowest BCUT2D eigenvalue weighted by Crippen LogP contribution is -2.29. The fourth-order valence-corrected chi connectivity index (χ4v) is 4.08. The number of aromatic nitrogens is 2. The van der Waals surface area contributed by atoms with Gasteiger partial charge in [-0.05, 0) is 49.1 Å². The summed E-state index contributed by atoms with van der Waals surface area (Å²) in [6, 6.07) is 7.53. The van der Waals surface area contributed by atoms with Gasteiger partial charge in [0.25, 0.3) is 0 Å². The SMILES string of the molecule is Cc1cccnc1Nc1cc(C2CCCN2S(C)(=O)=O)ccn1. The van der Waals surface area contributed by atoms with E-state index in [0.29, 0.717) is 12.4 Å². The number of aryl methyl sites for hydroxylation is 1. The molecule has 0 spiro atoms. The average molecular weight is 332 g/mol. The highest BCUT2D eigenvalue weighted by Crippen LogP contribution is 2.34. The Labute approximate surface area is 136 Å². The summed E-state index contributed by atoms with van der Waals surface area (Å²) in [5.74, 6) is 1.42. The normalized spacial score (nSPS) is 19.0. The van der Waals surface area contributed by atoms with Crippen molar-refractivity contribution in [3.05, 3.63) is 47.8 Å². The van der Waals surface area contributed by atoms with E-state index in [1.165, 1.54) is 6.26 Å². The summed E-state index contributed by atoms with van der Waals surface area (Å²) in [4.78, 5) is 8.61. The van der Waals surface area contributed by atoms with Crippen LogP contribution < -0.4 is 5.32 Å². The Kier molecular flexibility index (Phi) is 4.32. The molecular weight excluding hydrogens is 312 g/mol. The van der Waals surface area contributed by atoms with Crippen molar-refractivity contribution in [1.82, 2.24) is 14.3 Å². The lowest BCUT2D eigenvalue weighted by molar-refractivity contribution is 0.400. The van der Waals surface area contributed by atoms with Gasteiger partial charge in [0.1, 0.15) is 11.6 Å². The number of anilines is 2. The van der Waals surface area contributed by atoms with Crippen molar-refractivity contribution in [3.63, 3.8) is 0 Å².